The Morgan fingerprint density at radius 3 is 2.31 bits per heavy atom. The van der Waals surface area contributed by atoms with Gasteiger partial charge in [0.1, 0.15) is 5.75 Å². The first kappa shape index (κ1) is 28.2. The SMILES string of the molecule is O=C(COc1ccc(/C=C2\SC(=S)N(c3cccc(C(F)(F)F)c3)C2=O)cc1)Nc1ccccc1C(F)(F)F. The van der Waals surface area contributed by atoms with Gasteiger partial charge < -0.3 is 10.1 Å². The van der Waals surface area contributed by atoms with Gasteiger partial charge in [0, 0.05) is 0 Å². The molecule has 0 spiro atoms. The summed E-state index contributed by atoms with van der Waals surface area (Å²) in [7, 11) is 0. The van der Waals surface area contributed by atoms with Gasteiger partial charge in [0.05, 0.1) is 27.4 Å². The zero-order valence-corrected chi connectivity index (χ0v) is 21.1. The first-order chi connectivity index (χ1) is 18.3. The van der Waals surface area contributed by atoms with Gasteiger partial charge in [-0.1, -0.05) is 54.3 Å². The number of hydrogen-bond acceptors (Lipinski definition) is 5. The van der Waals surface area contributed by atoms with Crippen LogP contribution in [0.5, 0.6) is 5.75 Å². The number of thioether (sulfide) groups is 1. The van der Waals surface area contributed by atoms with Crippen molar-refractivity contribution in [2.45, 2.75) is 12.4 Å². The standard InChI is InChI=1S/C26H16F6N2O3S2/c27-25(28,29)16-4-3-5-17(13-16)34-23(36)21(39-24(34)38)12-15-8-10-18(11-9-15)37-14-22(35)33-20-7-2-1-6-19(20)26(30,31)32/h1-13H,14H2,(H,33,35)/b21-12-. The third kappa shape index (κ3) is 6.79. The number of hydrogen-bond donors (Lipinski definition) is 1. The molecule has 1 aliphatic heterocycles. The lowest BCUT2D eigenvalue weighted by Crippen LogP contribution is -2.27. The number of para-hydroxylation sites is 1. The lowest BCUT2D eigenvalue weighted by molar-refractivity contribution is -0.138. The van der Waals surface area contributed by atoms with Gasteiger partial charge in [-0.2, -0.15) is 26.3 Å². The van der Waals surface area contributed by atoms with E-state index in [1.54, 1.807) is 12.1 Å². The van der Waals surface area contributed by atoms with Crippen LogP contribution in [0.15, 0.2) is 77.7 Å². The van der Waals surface area contributed by atoms with Gasteiger partial charge in [0.25, 0.3) is 11.8 Å². The highest BCUT2D eigenvalue weighted by Gasteiger charge is 2.36. The Kier molecular flexibility index (Phi) is 8.02. The van der Waals surface area contributed by atoms with Crippen molar-refractivity contribution in [2.75, 3.05) is 16.8 Å². The van der Waals surface area contributed by atoms with Crippen LogP contribution in [-0.4, -0.2) is 22.7 Å². The highest BCUT2D eigenvalue weighted by molar-refractivity contribution is 8.27. The van der Waals surface area contributed by atoms with Crippen molar-refractivity contribution < 1.29 is 40.7 Å². The van der Waals surface area contributed by atoms with E-state index >= 15 is 0 Å². The van der Waals surface area contributed by atoms with Crippen LogP contribution in [0, 0.1) is 0 Å². The number of nitrogens with one attached hydrogen (secondary N) is 1. The molecule has 0 radical (unpaired) electrons. The molecule has 1 N–H and O–H groups in total. The van der Waals surface area contributed by atoms with Gasteiger partial charge >= 0.3 is 12.4 Å². The fourth-order valence-corrected chi connectivity index (χ4v) is 4.80. The number of thiocarbonyl (C=S) groups is 1. The highest BCUT2D eigenvalue weighted by Crippen LogP contribution is 2.39. The first-order valence-electron chi connectivity index (χ1n) is 11.0. The van der Waals surface area contributed by atoms with Crippen molar-refractivity contribution in [1.29, 1.82) is 0 Å². The minimum atomic E-state index is -4.64. The third-order valence-electron chi connectivity index (χ3n) is 5.28. The van der Waals surface area contributed by atoms with Crippen LogP contribution in [0.4, 0.5) is 37.7 Å². The van der Waals surface area contributed by atoms with E-state index in [1.165, 1.54) is 42.5 Å². The molecule has 2 amide bonds. The lowest BCUT2D eigenvalue weighted by atomic mass is 10.1. The Morgan fingerprint density at radius 1 is 0.949 bits per heavy atom. The molecule has 0 aromatic heterocycles. The minimum Gasteiger partial charge on any atom is -0.484 e. The van der Waals surface area contributed by atoms with Crippen LogP contribution < -0.4 is 15.0 Å². The number of carbonyl (C=O) groups excluding carboxylic acids is 2. The molecule has 1 saturated heterocycles. The molecule has 5 nitrogen and oxygen atoms in total. The van der Waals surface area contributed by atoms with Crippen LogP contribution >= 0.6 is 24.0 Å². The summed E-state index contributed by atoms with van der Waals surface area (Å²) >= 11 is 6.14. The Hall–Kier alpha value is -3.84. The molecule has 1 heterocycles. The summed E-state index contributed by atoms with van der Waals surface area (Å²) in [6.07, 6.45) is -7.72. The number of alkyl halides is 6. The maximum absolute atomic E-state index is 13.1. The van der Waals surface area contributed by atoms with E-state index in [2.05, 4.69) is 5.32 Å². The molecule has 1 aliphatic rings. The molecular formula is C26H16F6N2O3S2. The minimum absolute atomic E-state index is 0.00407. The fraction of sp³-hybridized carbons (Fsp3) is 0.115. The monoisotopic (exact) mass is 582 g/mol. The molecule has 0 unspecified atom stereocenters. The summed E-state index contributed by atoms with van der Waals surface area (Å²) in [6.45, 7) is -0.554. The van der Waals surface area contributed by atoms with E-state index in [-0.39, 0.29) is 20.7 Å². The van der Waals surface area contributed by atoms with E-state index in [4.69, 9.17) is 17.0 Å². The Balaban J connectivity index is 1.40. The topological polar surface area (TPSA) is 58.6 Å². The Labute approximate surface area is 227 Å². The van der Waals surface area contributed by atoms with Crippen LogP contribution in [0.3, 0.4) is 0 Å². The van der Waals surface area contributed by atoms with E-state index < -0.39 is 47.6 Å². The Morgan fingerprint density at radius 2 is 1.64 bits per heavy atom. The molecule has 0 saturated carbocycles. The number of nitrogens with zero attached hydrogens (tertiary/aromatic N) is 1. The average Bonchev–Trinajstić information content (AvgIpc) is 3.15. The van der Waals surface area contributed by atoms with E-state index in [0.29, 0.717) is 5.56 Å². The number of halogens is 6. The second-order valence-corrected chi connectivity index (χ2v) is 9.69. The number of ether oxygens (including phenoxy) is 1. The van der Waals surface area contributed by atoms with Crippen molar-refractivity contribution in [3.63, 3.8) is 0 Å². The van der Waals surface area contributed by atoms with Crippen molar-refractivity contribution >= 4 is 57.6 Å². The summed E-state index contributed by atoms with van der Waals surface area (Å²) < 4.78 is 83.9. The molecule has 0 bridgehead atoms. The predicted octanol–water partition coefficient (Wildman–Crippen LogP) is 7.15. The first-order valence-corrected chi connectivity index (χ1v) is 12.2. The third-order valence-corrected chi connectivity index (χ3v) is 6.58. The highest BCUT2D eigenvalue weighted by atomic mass is 32.2. The van der Waals surface area contributed by atoms with Gasteiger partial charge in [-0.3, -0.25) is 14.5 Å². The van der Waals surface area contributed by atoms with Crippen molar-refractivity contribution in [2.24, 2.45) is 0 Å². The van der Waals surface area contributed by atoms with Gasteiger partial charge in [-0.25, -0.2) is 0 Å². The molecule has 3 aromatic carbocycles. The van der Waals surface area contributed by atoms with Crippen LogP contribution in [0.1, 0.15) is 16.7 Å². The zero-order chi connectivity index (χ0) is 28.4. The molecule has 202 valence electrons. The predicted molar refractivity (Wildman–Crippen MR) is 139 cm³/mol. The molecule has 0 aliphatic carbocycles. The quantitative estimate of drug-likeness (QED) is 0.190. The maximum Gasteiger partial charge on any atom is 0.418 e. The summed E-state index contributed by atoms with van der Waals surface area (Å²) in [5.74, 6) is -1.14. The van der Waals surface area contributed by atoms with Gasteiger partial charge in [-0.05, 0) is 54.1 Å². The number of benzene rings is 3. The second-order valence-electron chi connectivity index (χ2n) is 8.01. The van der Waals surface area contributed by atoms with Gasteiger partial charge in [0.15, 0.2) is 10.9 Å². The van der Waals surface area contributed by atoms with Crippen molar-refractivity contribution in [3.05, 3.63) is 94.4 Å². The lowest BCUT2D eigenvalue weighted by Gasteiger charge is -2.16. The van der Waals surface area contributed by atoms with E-state index in [1.807, 2.05) is 0 Å². The molecule has 3 aromatic rings. The number of carbonyl (C=O) groups is 2. The summed E-state index contributed by atoms with van der Waals surface area (Å²) in [4.78, 5) is 26.2. The molecule has 39 heavy (non-hydrogen) atoms. The molecule has 13 heteroatoms. The largest absolute Gasteiger partial charge is 0.484 e. The number of rotatable bonds is 6. The van der Waals surface area contributed by atoms with Gasteiger partial charge in [0.2, 0.25) is 0 Å². The molecular weight excluding hydrogens is 566 g/mol. The van der Waals surface area contributed by atoms with Crippen LogP contribution in [-0.2, 0) is 21.9 Å². The van der Waals surface area contributed by atoms with E-state index in [9.17, 15) is 35.9 Å². The number of amides is 2. The summed E-state index contributed by atoms with van der Waals surface area (Å²) in [6, 6.07) is 14.9. The smallest absolute Gasteiger partial charge is 0.418 e. The zero-order valence-electron chi connectivity index (χ0n) is 19.5. The fourth-order valence-electron chi connectivity index (χ4n) is 3.50. The van der Waals surface area contributed by atoms with Crippen molar-refractivity contribution in [3.8, 4) is 5.75 Å². The Bertz CT molecular complexity index is 1450. The van der Waals surface area contributed by atoms with Crippen LogP contribution in [0.25, 0.3) is 6.08 Å². The van der Waals surface area contributed by atoms with Crippen molar-refractivity contribution in [1.82, 2.24) is 0 Å². The summed E-state index contributed by atoms with van der Waals surface area (Å²) in [5, 5.41) is 2.17. The van der Waals surface area contributed by atoms with Gasteiger partial charge in [-0.15, -0.1) is 0 Å². The molecule has 0 atom stereocenters. The maximum atomic E-state index is 13.1. The summed E-state index contributed by atoms with van der Waals surface area (Å²) in [5.41, 5.74) is -1.75. The molecule has 4 rings (SSSR count). The normalized spacial score (nSPS) is 15.1. The second kappa shape index (κ2) is 11.1. The van der Waals surface area contributed by atoms with Crippen LogP contribution in [0.2, 0.25) is 0 Å². The molecule has 1 fully saturated rings. The average molecular weight is 583 g/mol. The number of anilines is 2. The van der Waals surface area contributed by atoms with E-state index in [0.717, 1.165) is 40.9 Å².